The molecule has 3 aromatic rings. The average Bonchev–Trinajstić information content (AvgIpc) is 3.40. The Morgan fingerprint density at radius 2 is 1.94 bits per heavy atom. The van der Waals surface area contributed by atoms with E-state index in [0.29, 0.717) is 40.4 Å². The van der Waals surface area contributed by atoms with Crippen LogP contribution in [0.1, 0.15) is 78.7 Å². The van der Waals surface area contributed by atoms with Gasteiger partial charge in [0.05, 0.1) is 24.4 Å². The summed E-state index contributed by atoms with van der Waals surface area (Å²) >= 11 is 2.66. The minimum Gasteiger partial charge on any atom is -0.464 e. The highest BCUT2D eigenvalue weighted by Gasteiger charge is 2.62. The molecule has 6 rings (SSSR count). The maximum Gasteiger partial charge on any atom is 0.408 e. The molecule has 3 amide bonds. The molecule has 2 N–H and O–H groups in total. The monoisotopic (exact) mass is 763 g/mol. The lowest BCUT2D eigenvalue weighted by Gasteiger charge is -2.30. The standard InChI is InChI=1S/C37H45N7O7S2/c1-5-50-33(48)37-19-24(37)12-9-7-6-8-10-13-26(41-35(49)51-36(2,3)4)31(46)43-21-25(18-27(43)30(45)42-37)44-32(47)29(23-14-17-52-22-23)28(20-40-44)53-34-38-15-11-16-39-34/h9,11-12,14-17,20,22,24-27H,5-8,10,13,18-19,21H2,1-4H3,(H,41,49)(H,42,45)/b12-9-/t24?,25-,26+,27+,37-/m1/s1. The Hall–Kier alpha value is -4.57. The van der Waals surface area contributed by atoms with Gasteiger partial charge < -0.3 is 25.0 Å². The zero-order valence-corrected chi connectivity index (χ0v) is 31.9. The molecule has 5 heterocycles. The summed E-state index contributed by atoms with van der Waals surface area (Å²) in [5.41, 5.74) is -1.36. The normalized spacial score (nSPS) is 25.5. The number of esters is 1. The van der Waals surface area contributed by atoms with Gasteiger partial charge in [-0.25, -0.2) is 24.2 Å². The summed E-state index contributed by atoms with van der Waals surface area (Å²) in [6.07, 6.45) is 11.8. The van der Waals surface area contributed by atoms with E-state index in [2.05, 4.69) is 25.7 Å². The Morgan fingerprint density at radius 1 is 1.15 bits per heavy atom. The van der Waals surface area contributed by atoms with Gasteiger partial charge >= 0.3 is 12.1 Å². The third-order valence-corrected chi connectivity index (χ3v) is 11.1. The van der Waals surface area contributed by atoms with Crippen molar-refractivity contribution in [2.45, 2.75) is 112 Å². The van der Waals surface area contributed by atoms with Crippen LogP contribution in [0.3, 0.4) is 0 Å². The Labute approximate surface area is 316 Å². The predicted octanol–water partition coefficient (Wildman–Crippen LogP) is 4.91. The van der Waals surface area contributed by atoms with Crippen molar-refractivity contribution >= 4 is 47.0 Å². The van der Waals surface area contributed by atoms with Gasteiger partial charge in [0, 0.05) is 36.2 Å². The van der Waals surface area contributed by atoms with Crippen molar-refractivity contribution in [3.05, 3.63) is 64.0 Å². The molecule has 3 aromatic heterocycles. The van der Waals surface area contributed by atoms with Crippen molar-refractivity contribution in [3.63, 3.8) is 0 Å². The quantitative estimate of drug-likeness (QED) is 0.190. The van der Waals surface area contributed by atoms with Crippen LogP contribution < -0.4 is 16.2 Å². The van der Waals surface area contributed by atoms with Gasteiger partial charge in [-0.3, -0.25) is 14.4 Å². The second-order valence-electron chi connectivity index (χ2n) is 14.4. The second kappa shape index (κ2) is 16.2. The van der Waals surface area contributed by atoms with Gasteiger partial charge in [0.15, 0.2) is 5.16 Å². The summed E-state index contributed by atoms with van der Waals surface area (Å²) in [5, 5.41) is 14.5. The lowest BCUT2D eigenvalue weighted by atomic mass is 10.0. The van der Waals surface area contributed by atoms with Crippen molar-refractivity contribution in [2.75, 3.05) is 13.2 Å². The van der Waals surface area contributed by atoms with Crippen LogP contribution in [0.4, 0.5) is 4.79 Å². The van der Waals surface area contributed by atoms with Crippen LogP contribution in [0.2, 0.25) is 0 Å². The molecule has 1 saturated carbocycles. The predicted molar refractivity (Wildman–Crippen MR) is 198 cm³/mol. The molecular weight excluding hydrogens is 719 g/mol. The van der Waals surface area contributed by atoms with E-state index < -0.39 is 58.7 Å². The Bertz CT molecular complexity index is 1900. The second-order valence-corrected chi connectivity index (χ2v) is 16.2. The maximum absolute atomic E-state index is 14.5. The Morgan fingerprint density at radius 3 is 2.66 bits per heavy atom. The summed E-state index contributed by atoms with van der Waals surface area (Å²) in [4.78, 5) is 80.2. The number of alkyl carbamates (subject to hydrolysis) is 1. The maximum atomic E-state index is 14.5. The molecule has 0 spiro atoms. The van der Waals surface area contributed by atoms with E-state index in [1.54, 1.807) is 52.4 Å². The van der Waals surface area contributed by atoms with E-state index in [4.69, 9.17) is 9.47 Å². The summed E-state index contributed by atoms with van der Waals surface area (Å²) in [6, 6.07) is 0.766. The molecule has 1 saturated heterocycles. The van der Waals surface area contributed by atoms with Crippen molar-refractivity contribution in [2.24, 2.45) is 5.92 Å². The van der Waals surface area contributed by atoms with Crippen LogP contribution in [0.15, 0.2) is 68.5 Å². The molecular formula is C37H45N7O7S2. The molecule has 1 aliphatic carbocycles. The number of allylic oxidation sites excluding steroid dienone is 1. The van der Waals surface area contributed by atoms with Crippen LogP contribution in [0, 0.1) is 5.92 Å². The van der Waals surface area contributed by atoms with Crippen molar-refractivity contribution in [1.82, 2.24) is 35.3 Å². The molecule has 2 aliphatic heterocycles. The fourth-order valence-corrected chi connectivity index (χ4v) is 8.33. The highest BCUT2D eigenvalue weighted by atomic mass is 32.2. The highest BCUT2D eigenvalue weighted by Crippen LogP contribution is 2.46. The van der Waals surface area contributed by atoms with Gasteiger partial charge in [-0.05, 0) is 93.6 Å². The number of amides is 3. The molecule has 3 aliphatic rings. The number of fused-ring (bicyclic) bond motifs is 2. The first-order valence-electron chi connectivity index (χ1n) is 18.0. The first kappa shape index (κ1) is 38.2. The lowest BCUT2D eigenvalue weighted by Crippen LogP contribution is -2.56. The zero-order chi connectivity index (χ0) is 37.8. The number of hydrogen-bond donors (Lipinski definition) is 2. The van der Waals surface area contributed by atoms with Crippen molar-refractivity contribution < 1.29 is 28.7 Å². The van der Waals surface area contributed by atoms with Gasteiger partial charge in [-0.2, -0.15) is 16.4 Å². The van der Waals surface area contributed by atoms with Crippen LogP contribution in [0.5, 0.6) is 0 Å². The Balaban J connectivity index is 1.37. The molecule has 282 valence electrons. The zero-order valence-electron chi connectivity index (χ0n) is 30.3. The van der Waals surface area contributed by atoms with E-state index in [-0.39, 0.29) is 25.5 Å². The number of carbonyl (C=O) groups excluding carboxylic acids is 4. The number of ether oxygens (including phenoxy) is 2. The fourth-order valence-electron chi connectivity index (χ4n) is 6.85. The molecule has 0 aromatic carbocycles. The number of nitrogens with zero attached hydrogens (tertiary/aromatic N) is 5. The first-order valence-corrected chi connectivity index (χ1v) is 19.7. The topological polar surface area (TPSA) is 175 Å². The summed E-state index contributed by atoms with van der Waals surface area (Å²) < 4.78 is 12.2. The molecule has 1 unspecified atom stereocenters. The van der Waals surface area contributed by atoms with E-state index in [1.165, 1.54) is 32.7 Å². The minimum atomic E-state index is -1.26. The molecule has 0 radical (unpaired) electrons. The van der Waals surface area contributed by atoms with Gasteiger partial charge in [0.25, 0.3) is 5.56 Å². The smallest absolute Gasteiger partial charge is 0.408 e. The average molecular weight is 764 g/mol. The molecule has 5 atom stereocenters. The van der Waals surface area contributed by atoms with Crippen molar-refractivity contribution in [1.29, 1.82) is 0 Å². The van der Waals surface area contributed by atoms with E-state index in [1.807, 2.05) is 29.0 Å². The van der Waals surface area contributed by atoms with Crippen LogP contribution in [-0.4, -0.2) is 84.9 Å². The van der Waals surface area contributed by atoms with E-state index >= 15 is 0 Å². The van der Waals surface area contributed by atoms with Crippen LogP contribution in [-0.2, 0) is 23.9 Å². The number of rotatable bonds is 7. The van der Waals surface area contributed by atoms with E-state index in [9.17, 15) is 24.0 Å². The Kier molecular flexibility index (Phi) is 11.7. The number of thiophene rings is 1. The summed E-state index contributed by atoms with van der Waals surface area (Å²) in [7, 11) is 0. The number of nitrogens with one attached hydrogen (secondary N) is 2. The van der Waals surface area contributed by atoms with Crippen molar-refractivity contribution in [3.8, 4) is 11.1 Å². The van der Waals surface area contributed by atoms with Gasteiger partial charge in [-0.15, -0.1) is 0 Å². The first-order chi connectivity index (χ1) is 25.4. The largest absolute Gasteiger partial charge is 0.464 e. The summed E-state index contributed by atoms with van der Waals surface area (Å²) in [5.74, 6) is -1.81. The van der Waals surface area contributed by atoms with Crippen LogP contribution >= 0.6 is 23.1 Å². The van der Waals surface area contributed by atoms with Gasteiger partial charge in [0.1, 0.15) is 23.2 Å². The summed E-state index contributed by atoms with van der Waals surface area (Å²) in [6.45, 7) is 7.03. The van der Waals surface area contributed by atoms with E-state index in [0.717, 1.165) is 19.3 Å². The minimum absolute atomic E-state index is 0.0383. The molecule has 16 heteroatoms. The molecule has 53 heavy (non-hydrogen) atoms. The fraction of sp³-hybridized carbons (Fsp3) is 0.514. The number of aromatic nitrogens is 4. The number of carbonyl (C=O) groups is 4. The van der Waals surface area contributed by atoms with Gasteiger partial charge in [0.2, 0.25) is 11.8 Å². The molecule has 14 nitrogen and oxygen atoms in total. The lowest BCUT2D eigenvalue weighted by molar-refractivity contribution is -0.150. The molecule has 2 fully saturated rings. The third kappa shape index (κ3) is 8.81. The molecule has 0 bridgehead atoms. The highest BCUT2D eigenvalue weighted by molar-refractivity contribution is 7.99. The third-order valence-electron chi connectivity index (χ3n) is 9.45. The van der Waals surface area contributed by atoms with Gasteiger partial charge in [-0.1, -0.05) is 25.0 Å². The van der Waals surface area contributed by atoms with Crippen LogP contribution in [0.25, 0.3) is 11.1 Å². The number of hydrogen-bond acceptors (Lipinski definition) is 12. The SMILES string of the molecule is CCOC(=O)[C@@]12CC1/C=C\CCCCC[C@H](NC(=O)OC(C)(C)C)C(=O)N1C[C@H](n3ncc(Sc4ncccn4)c(-c4ccsc4)c3=O)C[C@H]1C(=O)N2.